The Balaban J connectivity index is 0.00000200. The molecule has 1 aromatic rings. The Kier molecular flexibility index (Phi) is 4.51. The summed E-state index contributed by atoms with van der Waals surface area (Å²) < 4.78 is 10.1. The Morgan fingerprint density at radius 2 is 2.32 bits per heavy atom. The predicted molar refractivity (Wildman–Crippen MR) is 70.3 cm³/mol. The standard InChI is InChI=1S/C12H17N3O4.H2/c1-2-19-12(17)7-9-13-10(8-11(16)14-9)15-3-5-18-6-4-15;/h8H,2-7H2,1H3,(H,13,14,16);1H. The summed E-state index contributed by atoms with van der Waals surface area (Å²) in [5, 5.41) is 0. The number of carbonyl (C=O) groups excluding carboxylic acids is 1. The van der Waals surface area contributed by atoms with Crippen molar-refractivity contribution in [2.75, 3.05) is 37.8 Å². The van der Waals surface area contributed by atoms with Crippen molar-refractivity contribution in [1.29, 1.82) is 0 Å². The summed E-state index contributed by atoms with van der Waals surface area (Å²) in [6.07, 6.45) is -0.0265. The topological polar surface area (TPSA) is 84.5 Å². The number of ether oxygens (including phenoxy) is 2. The van der Waals surface area contributed by atoms with Gasteiger partial charge in [-0.2, -0.15) is 0 Å². The highest BCUT2D eigenvalue weighted by Crippen LogP contribution is 2.10. The average Bonchev–Trinajstić information content (AvgIpc) is 2.39. The van der Waals surface area contributed by atoms with Crippen molar-refractivity contribution < 1.29 is 15.7 Å². The fourth-order valence-electron chi connectivity index (χ4n) is 1.88. The van der Waals surface area contributed by atoms with Gasteiger partial charge in [0.25, 0.3) is 5.56 Å². The van der Waals surface area contributed by atoms with Crippen LogP contribution in [0.5, 0.6) is 0 Å². The predicted octanol–water partition coefficient (Wildman–Crippen LogP) is -0.0419. The first-order valence-corrected chi connectivity index (χ1v) is 6.27. The molecule has 0 aromatic carbocycles. The van der Waals surface area contributed by atoms with Crippen molar-refractivity contribution in [3.8, 4) is 0 Å². The molecular formula is C12H19N3O4. The van der Waals surface area contributed by atoms with Crippen LogP contribution in [-0.4, -0.2) is 48.8 Å². The molecule has 7 nitrogen and oxygen atoms in total. The molecule has 2 heterocycles. The zero-order valence-corrected chi connectivity index (χ0v) is 10.8. The highest BCUT2D eigenvalue weighted by Gasteiger charge is 2.15. The first-order valence-electron chi connectivity index (χ1n) is 6.27. The van der Waals surface area contributed by atoms with Crippen LogP contribution in [0.25, 0.3) is 0 Å². The first-order chi connectivity index (χ1) is 9.19. The molecule has 7 heteroatoms. The molecular weight excluding hydrogens is 250 g/mol. The van der Waals surface area contributed by atoms with Crippen LogP contribution >= 0.6 is 0 Å². The first kappa shape index (κ1) is 13.5. The lowest BCUT2D eigenvalue weighted by Gasteiger charge is -2.27. The van der Waals surface area contributed by atoms with E-state index in [1.54, 1.807) is 6.92 Å². The van der Waals surface area contributed by atoms with Crippen molar-refractivity contribution in [2.24, 2.45) is 0 Å². The third-order valence-electron chi connectivity index (χ3n) is 2.73. The molecule has 1 fully saturated rings. The highest BCUT2D eigenvalue weighted by atomic mass is 16.5. The largest absolute Gasteiger partial charge is 0.466 e. The van der Waals surface area contributed by atoms with E-state index in [-0.39, 0.29) is 13.4 Å². The third-order valence-corrected chi connectivity index (χ3v) is 2.73. The Hall–Kier alpha value is -1.89. The SMILES string of the molecule is CCOC(=O)Cc1nc(N2CCOCC2)cc(=O)[nH]1.[HH]. The van der Waals surface area contributed by atoms with E-state index in [1.807, 2.05) is 4.90 Å². The normalized spacial score (nSPS) is 15.3. The second-order valence-corrected chi connectivity index (χ2v) is 4.13. The molecule has 1 N–H and O–H groups in total. The van der Waals surface area contributed by atoms with Crippen LogP contribution in [0.2, 0.25) is 0 Å². The maximum absolute atomic E-state index is 11.6. The van der Waals surface area contributed by atoms with E-state index in [9.17, 15) is 9.59 Å². The van der Waals surface area contributed by atoms with Crippen molar-refractivity contribution in [3.63, 3.8) is 0 Å². The molecule has 0 amide bonds. The second-order valence-electron chi connectivity index (χ2n) is 4.13. The van der Waals surface area contributed by atoms with E-state index in [2.05, 4.69) is 9.97 Å². The Morgan fingerprint density at radius 3 is 3.00 bits per heavy atom. The summed E-state index contributed by atoms with van der Waals surface area (Å²) in [6, 6.07) is 1.43. The molecule has 0 spiro atoms. The zero-order chi connectivity index (χ0) is 13.7. The fourth-order valence-corrected chi connectivity index (χ4v) is 1.88. The number of carbonyl (C=O) groups is 1. The van der Waals surface area contributed by atoms with Crippen molar-refractivity contribution >= 4 is 11.8 Å². The van der Waals surface area contributed by atoms with Crippen molar-refractivity contribution in [2.45, 2.75) is 13.3 Å². The molecule has 1 aliphatic rings. The number of nitrogens with zero attached hydrogens (tertiary/aromatic N) is 2. The molecule has 0 radical (unpaired) electrons. The van der Waals surface area contributed by atoms with Crippen LogP contribution in [0.1, 0.15) is 14.2 Å². The average molecular weight is 269 g/mol. The van der Waals surface area contributed by atoms with Crippen LogP contribution in [0, 0.1) is 0 Å². The molecule has 2 rings (SSSR count). The maximum Gasteiger partial charge on any atom is 0.313 e. The highest BCUT2D eigenvalue weighted by molar-refractivity contribution is 5.71. The van der Waals surface area contributed by atoms with Gasteiger partial charge >= 0.3 is 5.97 Å². The summed E-state index contributed by atoms with van der Waals surface area (Å²) in [4.78, 5) is 31.8. The lowest BCUT2D eigenvalue weighted by Crippen LogP contribution is -2.37. The van der Waals surface area contributed by atoms with Crippen LogP contribution in [0.15, 0.2) is 10.9 Å². The van der Waals surface area contributed by atoms with E-state index < -0.39 is 5.97 Å². The molecule has 19 heavy (non-hydrogen) atoms. The number of rotatable bonds is 4. The van der Waals surface area contributed by atoms with Gasteiger partial charge in [0.1, 0.15) is 18.1 Å². The van der Waals surface area contributed by atoms with Gasteiger partial charge in [0.05, 0.1) is 19.8 Å². The molecule has 0 bridgehead atoms. The minimum absolute atomic E-state index is 0. The number of aromatic amines is 1. The third kappa shape index (κ3) is 3.78. The second kappa shape index (κ2) is 6.33. The van der Waals surface area contributed by atoms with Crippen LogP contribution in [-0.2, 0) is 20.7 Å². The smallest absolute Gasteiger partial charge is 0.313 e. The number of aromatic nitrogens is 2. The lowest BCUT2D eigenvalue weighted by molar-refractivity contribution is -0.142. The van der Waals surface area contributed by atoms with Crippen molar-refractivity contribution in [3.05, 3.63) is 22.2 Å². The monoisotopic (exact) mass is 269 g/mol. The zero-order valence-electron chi connectivity index (χ0n) is 10.8. The van der Waals surface area contributed by atoms with Crippen LogP contribution in [0.4, 0.5) is 5.82 Å². The minimum Gasteiger partial charge on any atom is -0.466 e. The summed E-state index contributed by atoms with van der Waals surface area (Å²) in [5.74, 6) is 0.503. The van der Waals surface area contributed by atoms with E-state index in [1.165, 1.54) is 6.07 Å². The summed E-state index contributed by atoms with van der Waals surface area (Å²) in [5.41, 5.74) is -0.268. The molecule has 0 aliphatic carbocycles. The number of morpholine rings is 1. The van der Waals surface area contributed by atoms with E-state index in [0.29, 0.717) is 44.6 Å². The fraction of sp³-hybridized carbons (Fsp3) is 0.583. The Morgan fingerprint density at radius 1 is 1.58 bits per heavy atom. The molecule has 1 aromatic heterocycles. The Labute approximate surface area is 112 Å². The number of nitrogens with one attached hydrogen (secondary N) is 1. The maximum atomic E-state index is 11.6. The van der Waals surface area contributed by atoms with Crippen LogP contribution in [0.3, 0.4) is 0 Å². The number of H-pyrrole nitrogens is 1. The van der Waals surface area contributed by atoms with Gasteiger partial charge in [-0.25, -0.2) is 4.98 Å². The quantitative estimate of drug-likeness (QED) is 0.772. The summed E-state index contributed by atoms with van der Waals surface area (Å²) >= 11 is 0. The van der Waals surface area contributed by atoms with E-state index >= 15 is 0 Å². The van der Waals surface area contributed by atoms with Gasteiger partial charge in [-0.1, -0.05) is 0 Å². The molecule has 106 valence electrons. The minimum atomic E-state index is -0.398. The van der Waals surface area contributed by atoms with Gasteiger partial charge in [0, 0.05) is 20.6 Å². The van der Waals surface area contributed by atoms with Crippen molar-refractivity contribution in [1.82, 2.24) is 9.97 Å². The number of hydrogen-bond acceptors (Lipinski definition) is 6. The molecule has 1 saturated heterocycles. The molecule has 0 atom stereocenters. The summed E-state index contributed by atoms with van der Waals surface area (Å²) in [7, 11) is 0. The summed E-state index contributed by atoms with van der Waals surface area (Å²) in [6.45, 7) is 4.65. The van der Waals surface area contributed by atoms with Gasteiger partial charge in [-0.3, -0.25) is 9.59 Å². The Bertz CT molecular complexity index is 500. The number of anilines is 1. The lowest BCUT2D eigenvalue weighted by atomic mass is 10.3. The molecule has 1 aliphatic heterocycles. The molecule has 0 saturated carbocycles. The van der Waals surface area contributed by atoms with Gasteiger partial charge in [-0.05, 0) is 6.92 Å². The van der Waals surface area contributed by atoms with Gasteiger partial charge < -0.3 is 19.4 Å². The molecule has 0 unspecified atom stereocenters. The van der Waals surface area contributed by atoms with Gasteiger partial charge in [0.2, 0.25) is 0 Å². The van der Waals surface area contributed by atoms with Gasteiger partial charge in [0.15, 0.2) is 0 Å². The number of hydrogen-bond donors (Lipinski definition) is 1. The van der Waals surface area contributed by atoms with Crippen LogP contribution < -0.4 is 10.5 Å². The van der Waals surface area contributed by atoms with Gasteiger partial charge in [-0.15, -0.1) is 0 Å². The van der Waals surface area contributed by atoms with E-state index in [0.717, 1.165) is 0 Å². The number of esters is 1. The van der Waals surface area contributed by atoms with E-state index in [4.69, 9.17) is 9.47 Å².